The zero-order valence-corrected chi connectivity index (χ0v) is 25.7. The van der Waals surface area contributed by atoms with Crippen LogP contribution in [0.4, 0.5) is 46.8 Å². The molecule has 2 unspecified atom stereocenters. The Bertz CT molecular complexity index is 1960. The van der Waals surface area contributed by atoms with Crippen LogP contribution in [0, 0.1) is 4.78 Å². The lowest BCUT2D eigenvalue weighted by Crippen LogP contribution is -2.21. The minimum absolute atomic E-state index is 0.00680. The summed E-state index contributed by atoms with van der Waals surface area (Å²) >= 11 is 0. The molecule has 2 amide bonds. The van der Waals surface area contributed by atoms with Gasteiger partial charge in [0.15, 0.2) is 0 Å². The van der Waals surface area contributed by atoms with Gasteiger partial charge in [0.1, 0.15) is 15.5 Å². The van der Waals surface area contributed by atoms with Crippen LogP contribution < -0.4 is 21.3 Å². The highest BCUT2D eigenvalue weighted by atomic mass is 32.2. The number of aliphatic hydroxyl groups is 1. The molecule has 0 fully saturated rings. The lowest BCUT2D eigenvalue weighted by molar-refractivity contribution is -0.137. The zero-order chi connectivity index (χ0) is 33.6. The number of hydrogen-bond acceptors (Lipinski definition) is 8. The van der Waals surface area contributed by atoms with Crippen LogP contribution in [-0.4, -0.2) is 38.0 Å². The van der Waals surface area contributed by atoms with E-state index in [0.717, 1.165) is 12.1 Å². The number of urea groups is 1. The predicted octanol–water partition coefficient (Wildman–Crippen LogP) is 7.81. The Kier molecular flexibility index (Phi) is 9.72. The van der Waals surface area contributed by atoms with Crippen LogP contribution in [0.5, 0.6) is 0 Å². The van der Waals surface area contributed by atoms with Crippen molar-refractivity contribution < 1.29 is 27.3 Å². The first kappa shape index (κ1) is 32.9. The van der Waals surface area contributed by atoms with Gasteiger partial charge in [-0.25, -0.2) is 18.8 Å². The number of nitrogens with zero attached hydrogens (tertiary/aromatic N) is 2. The Balaban J connectivity index is 1.30. The maximum atomic E-state index is 13.1. The summed E-state index contributed by atoms with van der Waals surface area (Å²) in [5.74, 6) is 0.662. The van der Waals surface area contributed by atoms with Crippen LogP contribution in [0.1, 0.15) is 12.5 Å². The number of halogens is 3. The lowest BCUT2D eigenvalue weighted by atomic mass is 10.1. The number of hydrogen-bond donors (Lipinski definition) is 6. The van der Waals surface area contributed by atoms with Gasteiger partial charge < -0.3 is 26.4 Å². The van der Waals surface area contributed by atoms with E-state index in [-0.39, 0.29) is 24.3 Å². The zero-order valence-electron chi connectivity index (χ0n) is 24.9. The Hall–Kier alpha value is -5.47. The minimum Gasteiger partial charge on any atom is -0.394 e. The fourth-order valence-electron chi connectivity index (χ4n) is 4.45. The summed E-state index contributed by atoms with van der Waals surface area (Å²) in [5.41, 5.74) is 1.40. The van der Waals surface area contributed by atoms with Crippen molar-refractivity contribution in [1.29, 1.82) is 4.78 Å². The van der Waals surface area contributed by atoms with Gasteiger partial charge >= 0.3 is 12.2 Å². The quantitative estimate of drug-likeness (QED) is 0.0893. The van der Waals surface area contributed by atoms with Gasteiger partial charge in [-0.3, -0.25) is 0 Å². The van der Waals surface area contributed by atoms with E-state index in [1.165, 1.54) is 12.1 Å². The van der Waals surface area contributed by atoms with E-state index >= 15 is 0 Å². The second-order valence-corrected chi connectivity index (χ2v) is 12.5. The SMILES string of the molecule is CC(CO)Nc1nc(Nc2ccc(S(=N)(=O)c3ccccc3)cc2)ncc1-c1ccc(NC(=O)Nc2cccc(C(F)(F)F)c2)cc1. The molecule has 0 bridgehead atoms. The second kappa shape index (κ2) is 13.9. The summed E-state index contributed by atoms with van der Waals surface area (Å²) in [5, 5.41) is 20.9. The monoisotopic (exact) mass is 661 g/mol. The Morgan fingerprint density at radius 1 is 0.872 bits per heavy atom. The molecule has 0 spiro atoms. The van der Waals surface area contributed by atoms with Crippen LogP contribution in [0.2, 0.25) is 0 Å². The van der Waals surface area contributed by atoms with Gasteiger partial charge in [0.25, 0.3) is 0 Å². The largest absolute Gasteiger partial charge is 0.416 e. The van der Waals surface area contributed by atoms with Crippen molar-refractivity contribution >= 4 is 44.6 Å². The molecule has 0 radical (unpaired) electrons. The average molecular weight is 662 g/mol. The van der Waals surface area contributed by atoms with Crippen LogP contribution in [0.3, 0.4) is 0 Å². The van der Waals surface area contributed by atoms with Gasteiger partial charge in [-0.2, -0.15) is 18.2 Å². The van der Waals surface area contributed by atoms with Crippen molar-refractivity contribution in [3.8, 4) is 11.1 Å². The number of carbonyl (C=O) groups excluding carboxylic acids is 1. The third-order valence-electron chi connectivity index (χ3n) is 6.86. The van der Waals surface area contributed by atoms with Gasteiger partial charge in [-0.05, 0) is 79.2 Å². The standard InChI is InChI=1S/C33H30F3N7O3S/c1-21(20-44)39-30-29(22-10-12-25(13-11-22)41-32(45)42-26-7-5-6-23(18-26)33(34,35)36)19-38-31(43-30)40-24-14-16-28(17-15-24)47(37,46)27-8-3-2-4-9-27/h2-19,21,37,44H,20H2,1H3,(H2,41,42,45)(H2,38,39,40,43). The Labute approximate surface area is 269 Å². The molecule has 6 N–H and O–H groups in total. The molecule has 5 rings (SSSR count). The second-order valence-electron chi connectivity index (χ2n) is 10.4. The number of amides is 2. The first-order valence-corrected chi connectivity index (χ1v) is 15.8. The number of benzene rings is 4. The van der Waals surface area contributed by atoms with Crippen LogP contribution in [-0.2, 0) is 15.9 Å². The molecule has 2 atom stereocenters. The number of nitrogens with one attached hydrogen (secondary N) is 5. The van der Waals surface area contributed by atoms with Crippen LogP contribution in [0.25, 0.3) is 11.1 Å². The van der Waals surface area contributed by atoms with Crippen molar-refractivity contribution in [2.24, 2.45) is 0 Å². The molecular weight excluding hydrogens is 631 g/mol. The van der Waals surface area contributed by atoms with Crippen molar-refractivity contribution in [2.45, 2.75) is 28.9 Å². The molecule has 14 heteroatoms. The summed E-state index contributed by atoms with van der Waals surface area (Å²) in [6.07, 6.45) is -2.95. The van der Waals surface area contributed by atoms with E-state index in [2.05, 4.69) is 31.2 Å². The Morgan fingerprint density at radius 2 is 1.51 bits per heavy atom. The summed E-state index contributed by atoms with van der Waals surface area (Å²) in [6, 6.07) is 25.1. The van der Waals surface area contributed by atoms with Crippen molar-refractivity contribution in [1.82, 2.24) is 9.97 Å². The van der Waals surface area contributed by atoms with Gasteiger partial charge in [0.2, 0.25) is 5.95 Å². The van der Waals surface area contributed by atoms with Gasteiger partial charge in [0, 0.05) is 34.9 Å². The van der Waals surface area contributed by atoms with E-state index in [0.29, 0.717) is 38.1 Å². The summed E-state index contributed by atoms with van der Waals surface area (Å²) in [6.45, 7) is 1.62. The lowest BCUT2D eigenvalue weighted by Gasteiger charge is -2.17. The number of aromatic nitrogens is 2. The maximum absolute atomic E-state index is 13.1. The minimum atomic E-state index is -4.53. The first-order chi connectivity index (χ1) is 22.4. The molecule has 0 saturated carbocycles. The van der Waals surface area contributed by atoms with Gasteiger partial charge in [0.05, 0.1) is 22.0 Å². The molecule has 47 heavy (non-hydrogen) atoms. The number of alkyl halides is 3. The van der Waals surface area contributed by atoms with Gasteiger partial charge in [-0.1, -0.05) is 36.4 Å². The van der Waals surface area contributed by atoms with E-state index in [1.807, 2.05) is 0 Å². The third kappa shape index (κ3) is 8.23. The highest BCUT2D eigenvalue weighted by molar-refractivity contribution is 7.92. The number of anilines is 5. The molecule has 0 aliphatic heterocycles. The fourth-order valence-corrected chi connectivity index (χ4v) is 5.78. The van der Waals surface area contributed by atoms with Crippen molar-refractivity contribution in [2.75, 3.05) is 27.9 Å². The molecule has 10 nitrogen and oxygen atoms in total. The summed E-state index contributed by atoms with van der Waals surface area (Å²) in [4.78, 5) is 22.2. The number of aliphatic hydroxyl groups excluding tert-OH is 1. The van der Waals surface area contributed by atoms with Crippen LogP contribution in [0.15, 0.2) is 119 Å². The van der Waals surface area contributed by atoms with Crippen molar-refractivity contribution in [3.63, 3.8) is 0 Å². The molecule has 0 aliphatic rings. The van der Waals surface area contributed by atoms with E-state index < -0.39 is 27.5 Å². The van der Waals surface area contributed by atoms with Crippen molar-refractivity contribution in [3.05, 3.63) is 115 Å². The molecule has 5 aromatic rings. The van der Waals surface area contributed by atoms with E-state index in [1.54, 1.807) is 92.0 Å². The van der Waals surface area contributed by atoms with E-state index in [9.17, 15) is 27.3 Å². The fraction of sp³-hybridized carbons (Fsp3) is 0.121. The third-order valence-corrected chi connectivity index (χ3v) is 8.74. The molecular formula is C33H30F3N7O3S. The molecule has 1 aromatic heterocycles. The summed E-state index contributed by atoms with van der Waals surface area (Å²) < 4.78 is 60.5. The van der Waals surface area contributed by atoms with Crippen LogP contribution >= 0.6 is 0 Å². The average Bonchev–Trinajstić information content (AvgIpc) is 3.06. The Morgan fingerprint density at radius 3 is 2.17 bits per heavy atom. The topological polar surface area (TPSA) is 152 Å². The highest BCUT2D eigenvalue weighted by Gasteiger charge is 2.30. The number of carbonyl (C=O) groups is 1. The molecule has 1 heterocycles. The molecule has 4 aromatic carbocycles. The molecule has 0 aliphatic carbocycles. The first-order valence-electron chi connectivity index (χ1n) is 14.2. The maximum Gasteiger partial charge on any atom is 0.416 e. The number of rotatable bonds is 10. The molecule has 0 saturated heterocycles. The highest BCUT2D eigenvalue weighted by Crippen LogP contribution is 2.32. The van der Waals surface area contributed by atoms with E-state index in [4.69, 9.17) is 4.78 Å². The summed E-state index contributed by atoms with van der Waals surface area (Å²) in [7, 11) is -3.18. The van der Waals surface area contributed by atoms with Gasteiger partial charge in [-0.15, -0.1) is 0 Å². The predicted molar refractivity (Wildman–Crippen MR) is 175 cm³/mol. The smallest absolute Gasteiger partial charge is 0.394 e. The molecule has 242 valence electrons. The normalized spacial score (nSPS) is 13.2.